The quantitative estimate of drug-likeness (QED) is 0.785. The fourth-order valence-corrected chi connectivity index (χ4v) is 4.50. The first-order chi connectivity index (χ1) is 7.50. The number of nitrogens with two attached hydrogens (primary N) is 1. The highest BCUT2D eigenvalue weighted by Crippen LogP contribution is 2.45. The van der Waals surface area contributed by atoms with Gasteiger partial charge >= 0.3 is 0 Å². The maximum atomic E-state index is 12.2. The molecular formula is C11H22N2O2S. The van der Waals surface area contributed by atoms with Crippen LogP contribution in [0.3, 0.4) is 0 Å². The first-order valence-electron chi connectivity index (χ1n) is 6.15. The van der Waals surface area contributed by atoms with Crippen molar-refractivity contribution in [2.24, 2.45) is 11.1 Å². The SMILES string of the molecule is CN(CC1(CN)CC1)S(=O)(=O)C1CCCC1. The molecule has 5 heteroatoms. The van der Waals surface area contributed by atoms with Gasteiger partial charge in [0, 0.05) is 13.6 Å². The molecule has 0 unspecified atom stereocenters. The summed E-state index contributed by atoms with van der Waals surface area (Å²) in [6.07, 6.45) is 5.94. The van der Waals surface area contributed by atoms with Gasteiger partial charge in [-0.05, 0) is 37.6 Å². The van der Waals surface area contributed by atoms with Crippen molar-refractivity contribution in [2.45, 2.75) is 43.8 Å². The highest BCUT2D eigenvalue weighted by molar-refractivity contribution is 7.89. The lowest BCUT2D eigenvalue weighted by molar-refractivity contribution is 0.367. The second kappa shape index (κ2) is 4.27. The van der Waals surface area contributed by atoms with Crippen molar-refractivity contribution in [1.82, 2.24) is 4.31 Å². The number of hydrogen-bond donors (Lipinski definition) is 1. The molecule has 0 spiro atoms. The van der Waals surface area contributed by atoms with E-state index < -0.39 is 10.0 Å². The Morgan fingerprint density at radius 1 is 1.31 bits per heavy atom. The smallest absolute Gasteiger partial charge is 0.216 e. The molecule has 0 radical (unpaired) electrons. The fourth-order valence-electron chi connectivity index (χ4n) is 2.61. The van der Waals surface area contributed by atoms with Crippen LogP contribution in [0.15, 0.2) is 0 Å². The minimum atomic E-state index is -3.06. The number of nitrogens with zero attached hydrogens (tertiary/aromatic N) is 1. The van der Waals surface area contributed by atoms with Crippen LogP contribution < -0.4 is 5.73 Å². The van der Waals surface area contributed by atoms with Gasteiger partial charge in [-0.1, -0.05) is 12.8 Å². The van der Waals surface area contributed by atoms with Crippen LogP contribution in [-0.4, -0.2) is 38.1 Å². The van der Waals surface area contributed by atoms with E-state index in [1.807, 2.05) is 0 Å². The van der Waals surface area contributed by atoms with Gasteiger partial charge in [-0.15, -0.1) is 0 Å². The predicted molar refractivity (Wildman–Crippen MR) is 64.5 cm³/mol. The zero-order valence-electron chi connectivity index (χ0n) is 9.98. The molecule has 2 rings (SSSR count). The molecule has 0 saturated heterocycles. The molecule has 94 valence electrons. The summed E-state index contributed by atoms with van der Waals surface area (Å²) in [5, 5.41) is -0.133. The Morgan fingerprint density at radius 2 is 1.88 bits per heavy atom. The summed E-state index contributed by atoms with van der Waals surface area (Å²) in [7, 11) is -1.35. The van der Waals surface area contributed by atoms with Gasteiger partial charge in [-0.3, -0.25) is 0 Å². The molecule has 0 aromatic rings. The lowest BCUT2D eigenvalue weighted by Crippen LogP contribution is -2.40. The van der Waals surface area contributed by atoms with Crippen molar-refractivity contribution in [3.8, 4) is 0 Å². The average Bonchev–Trinajstić information content (AvgIpc) is 2.81. The molecule has 0 aromatic carbocycles. The molecule has 2 N–H and O–H groups in total. The number of sulfonamides is 1. The number of rotatable bonds is 5. The van der Waals surface area contributed by atoms with Crippen LogP contribution in [0.2, 0.25) is 0 Å². The van der Waals surface area contributed by atoms with E-state index in [9.17, 15) is 8.42 Å². The van der Waals surface area contributed by atoms with Crippen molar-refractivity contribution >= 4 is 10.0 Å². The summed E-state index contributed by atoms with van der Waals surface area (Å²) in [5.74, 6) is 0. The van der Waals surface area contributed by atoms with Crippen molar-refractivity contribution in [3.63, 3.8) is 0 Å². The molecule has 2 aliphatic carbocycles. The summed E-state index contributed by atoms with van der Waals surface area (Å²) >= 11 is 0. The minimum Gasteiger partial charge on any atom is -0.330 e. The van der Waals surface area contributed by atoms with Gasteiger partial charge in [0.25, 0.3) is 0 Å². The van der Waals surface area contributed by atoms with Crippen LogP contribution in [0.4, 0.5) is 0 Å². The zero-order chi connectivity index (χ0) is 11.8. The van der Waals surface area contributed by atoms with Crippen LogP contribution in [0.1, 0.15) is 38.5 Å². The molecule has 0 bridgehead atoms. The third-order valence-electron chi connectivity index (χ3n) is 4.11. The molecule has 2 fully saturated rings. The zero-order valence-corrected chi connectivity index (χ0v) is 10.8. The lowest BCUT2D eigenvalue weighted by atomic mass is 10.1. The molecule has 0 heterocycles. The van der Waals surface area contributed by atoms with Crippen LogP contribution >= 0.6 is 0 Å². The monoisotopic (exact) mass is 246 g/mol. The molecule has 2 saturated carbocycles. The standard InChI is InChI=1S/C11H22N2O2S/c1-13(9-11(8-12)6-7-11)16(14,15)10-4-2-3-5-10/h10H,2-9,12H2,1H3. The maximum absolute atomic E-state index is 12.2. The van der Waals surface area contributed by atoms with Crippen molar-refractivity contribution in [2.75, 3.05) is 20.1 Å². The summed E-state index contributed by atoms with van der Waals surface area (Å²) in [6, 6.07) is 0. The molecule has 0 amide bonds. The molecule has 2 aliphatic rings. The Bertz CT molecular complexity index is 343. The van der Waals surface area contributed by atoms with E-state index in [0.29, 0.717) is 13.1 Å². The van der Waals surface area contributed by atoms with Crippen molar-refractivity contribution in [1.29, 1.82) is 0 Å². The number of hydrogen-bond acceptors (Lipinski definition) is 3. The van der Waals surface area contributed by atoms with Gasteiger partial charge in [-0.25, -0.2) is 12.7 Å². The van der Waals surface area contributed by atoms with Gasteiger partial charge < -0.3 is 5.73 Å². The summed E-state index contributed by atoms with van der Waals surface area (Å²) < 4.78 is 26.0. The minimum absolute atomic E-state index is 0.0976. The third kappa shape index (κ3) is 2.26. The highest BCUT2D eigenvalue weighted by Gasteiger charge is 2.45. The van der Waals surface area contributed by atoms with E-state index in [1.165, 1.54) is 0 Å². The van der Waals surface area contributed by atoms with Crippen LogP contribution in [-0.2, 0) is 10.0 Å². The molecule has 0 atom stereocenters. The Hall–Kier alpha value is -0.130. The van der Waals surface area contributed by atoms with Crippen LogP contribution in [0, 0.1) is 5.41 Å². The van der Waals surface area contributed by atoms with E-state index in [1.54, 1.807) is 11.4 Å². The van der Waals surface area contributed by atoms with Gasteiger partial charge in [0.05, 0.1) is 5.25 Å². The Labute approximate surface area is 98.2 Å². The van der Waals surface area contributed by atoms with Gasteiger partial charge in [0.2, 0.25) is 10.0 Å². The average molecular weight is 246 g/mol. The molecular weight excluding hydrogens is 224 g/mol. The first kappa shape index (κ1) is 12.3. The van der Waals surface area contributed by atoms with Gasteiger partial charge in [0.1, 0.15) is 0 Å². The molecule has 0 aromatic heterocycles. The Morgan fingerprint density at radius 3 is 2.31 bits per heavy atom. The lowest BCUT2D eigenvalue weighted by Gasteiger charge is -2.25. The molecule has 0 aliphatic heterocycles. The van der Waals surface area contributed by atoms with Crippen LogP contribution in [0.5, 0.6) is 0 Å². The van der Waals surface area contributed by atoms with E-state index in [2.05, 4.69) is 0 Å². The maximum Gasteiger partial charge on any atom is 0.216 e. The van der Waals surface area contributed by atoms with E-state index >= 15 is 0 Å². The summed E-state index contributed by atoms with van der Waals surface area (Å²) in [4.78, 5) is 0. The second-order valence-corrected chi connectivity index (χ2v) is 7.73. The molecule has 4 nitrogen and oxygen atoms in total. The summed E-state index contributed by atoms with van der Waals surface area (Å²) in [5.41, 5.74) is 5.79. The first-order valence-corrected chi connectivity index (χ1v) is 7.66. The topological polar surface area (TPSA) is 63.4 Å². The second-order valence-electron chi connectivity index (χ2n) is 5.41. The van der Waals surface area contributed by atoms with E-state index in [0.717, 1.165) is 38.5 Å². The van der Waals surface area contributed by atoms with Crippen LogP contribution in [0.25, 0.3) is 0 Å². The largest absolute Gasteiger partial charge is 0.330 e. The van der Waals surface area contributed by atoms with Crippen molar-refractivity contribution < 1.29 is 8.42 Å². The predicted octanol–water partition coefficient (Wildman–Crippen LogP) is 0.929. The normalized spacial score (nSPS) is 25.2. The Balaban J connectivity index is 2.00. The third-order valence-corrected chi connectivity index (χ3v) is 6.42. The van der Waals surface area contributed by atoms with Gasteiger partial charge in [-0.2, -0.15) is 0 Å². The molecule has 16 heavy (non-hydrogen) atoms. The van der Waals surface area contributed by atoms with Gasteiger partial charge in [0.15, 0.2) is 0 Å². The summed E-state index contributed by atoms with van der Waals surface area (Å²) in [6.45, 7) is 1.22. The highest BCUT2D eigenvalue weighted by atomic mass is 32.2. The fraction of sp³-hybridized carbons (Fsp3) is 1.00. The van der Waals surface area contributed by atoms with E-state index in [-0.39, 0.29) is 10.7 Å². The van der Waals surface area contributed by atoms with E-state index in [4.69, 9.17) is 5.73 Å². The Kier molecular flexibility index (Phi) is 3.29. The van der Waals surface area contributed by atoms with Crippen molar-refractivity contribution in [3.05, 3.63) is 0 Å².